The number of hydrogen-bond donors (Lipinski definition) is 0. The highest BCUT2D eigenvalue weighted by atomic mass is 14.0. The summed E-state index contributed by atoms with van der Waals surface area (Å²) >= 11 is 0. The molecule has 0 bridgehead atoms. The average Bonchev–Trinajstić information content (AvgIpc) is 1.98. The predicted molar refractivity (Wildman–Crippen MR) is 47.8 cm³/mol. The summed E-state index contributed by atoms with van der Waals surface area (Å²) < 4.78 is 0. The Labute approximate surface area is 63.3 Å². The van der Waals surface area contributed by atoms with Crippen molar-refractivity contribution in [2.24, 2.45) is 5.92 Å². The van der Waals surface area contributed by atoms with E-state index in [0.717, 1.165) is 5.57 Å². The van der Waals surface area contributed by atoms with Gasteiger partial charge in [-0.2, -0.15) is 0 Å². The van der Waals surface area contributed by atoms with Gasteiger partial charge in [-0.05, 0) is 11.5 Å². The molecule has 0 rings (SSSR count). The summed E-state index contributed by atoms with van der Waals surface area (Å²) in [5.41, 5.74) is 1.06. The van der Waals surface area contributed by atoms with Crippen LogP contribution in [0.3, 0.4) is 0 Å². The van der Waals surface area contributed by atoms with Crippen molar-refractivity contribution in [1.82, 2.24) is 0 Å². The maximum absolute atomic E-state index is 3.86. The van der Waals surface area contributed by atoms with Crippen LogP contribution in [0, 0.1) is 5.92 Å². The first-order valence-corrected chi connectivity index (χ1v) is 3.32. The Morgan fingerprint density at radius 2 is 2.00 bits per heavy atom. The number of rotatable bonds is 4. The van der Waals surface area contributed by atoms with E-state index < -0.39 is 0 Å². The SMILES string of the molecule is C=C/C=C\C(=C)C(C)C=C. The zero-order chi connectivity index (χ0) is 7.98. The molecule has 0 N–H and O–H groups in total. The summed E-state index contributed by atoms with van der Waals surface area (Å²) in [6.07, 6.45) is 7.43. The van der Waals surface area contributed by atoms with Crippen molar-refractivity contribution in [3.05, 3.63) is 49.6 Å². The first-order chi connectivity index (χ1) is 4.72. The zero-order valence-electron chi connectivity index (χ0n) is 6.51. The quantitative estimate of drug-likeness (QED) is 0.409. The molecule has 0 spiro atoms. The molecule has 0 saturated carbocycles. The third-order valence-corrected chi connectivity index (χ3v) is 1.38. The van der Waals surface area contributed by atoms with E-state index in [9.17, 15) is 0 Å². The van der Waals surface area contributed by atoms with Gasteiger partial charge in [-0.3, -0.25) is 0 Å². The predicted octanol–water partition coefficient (Wildman–Crippen LogP) is 3.11. The standard InChI is InChI=1S/C10H14/c1-5-7-8-10(4)9(3)6-2/h5-9H,1-2,4H2,3H3/b8-7-. The van der Waals surface area contributed by atoms with Gasteiger partial charge >= 0.3 is 0 Å². The highest BCUT2D eigenvalue weighted by Gasteiger charge is 1.94. The second kappa shape index (κ2) is 4.80. The Kier molecular flexibility index (Phi) is 4.30. The molecule has 0 heterocycles. The van der Waals surface area contributed by atoms with Crippen LogP contribution in [-0.2, 0) is 0 Å². The van der Waals surface area contributed by atoms with Crippen molar-refractivity contribution >= 4 is 0 Å². The molecular weight excluding hydrogens is 120 g/mol. The molecule has 0 amide bonds. The Balaban J connectivity index is 3.95. The molecule has 0 aromatic heterocycles. The van der Waals surface area contributed by atoms with Crippen LogP contribution in [0.25, 0.3) is 0 Å². The minimum absolute atomic E-state index is 0.358. The lowest BCUT2D eigenvalue weighted by Gasteiger charge is -2.02. The Hall–Kier alpha value is -1.04. The first-order valence-electron chi connectivity index (χ1n) is 3.32. The van der Waals surface area contributed by atoms with Gasteiger partial charge in [0.2, 0.25) is 0 Å². The van der Waals surface area contributed by atoms with E-state index in [1.54, 1.807) is 6.08 Å². The van der Waals surface area contributed by atoms with E-state index >= 15 is 0 Å². The molecule has 0 aliphatic heterocycles. The molecule has 0 aromatic carbocycles. The maximum atomic E-state index is 3.86. The average molecular weight is 134 g/mol. The molecule has 0 heteroatoms. The van der Waals surface area contributed by atoms with E-state index in [1.807, 2.05) is 18.2 Å². The van der Waals surface area contributed by atoms with Gasteiger partial charge < -0.3 is 0 Å². The zero-order valence-corrected chi connectivity index (χ0v) is 6.51. The van der Waals surface area contributed by atoms with E-state index in [2.05, 4.69) is 26.7 Å². The van der Waals surface area contributed by atoms with Gasteiger partial charge in [0.05, 0.1) is 0 Å². The summed E-state index contributed by atoms with van der Waals surface area (Å²) in [6, 6.07) is 0. The molecule has 0 fully saturated rings. The summed E-state index contributed by atoms with van der Waals surface area (Å²) in [7, 11) is 0. The fraction of sp³-hybridized carbons (Fsp3) is 0.200. The second-order valence-corrected chi connectivity index (χ2v) is 2.19. The Morgan fingerprint density at radius 3 is 2.40 bits per heavy atom. The monoisotopic (exact) mass is 134 g/mol. The van der Waals surface area contributed by atoms with Crippen LogP contribution in [0.1, 0.15) is 6.92 Å². The summed E-state index contributed by atoms with van der Waals surface area (Å²) in [5, 5.41) is 0. The molecule has 0 radical (unpaired) electrons. The van der Waals surface area contributed by atoms with Crippen LogP contribution in [0.5, 0.6) is 0 Å². The minimum Gasteiger partial charge on any atom is -0.102 e. The van der Waals surface area contributed by atoms with E-state index in [-0.39, 0.29) is 0 Å². The van der Waals surface area contributed by atoms with Crippen LogP contribution in [0.15, 0.2) is 49.6 Å². The largest absolute Gasteiger partial charge is 0.102 e. The molecule has 0 saturated heterocycles. The fourth-order valence-corrected chi connectivity index (χ4v) is 0.495. The van der Waals surface area contributed by atoms with Crippen molar-refractivity contribution < 1.29 is 0 Å². The van der Waals surface area contributed by atoms with Crippen molar-refractivity contribution in [3.8, 4) is 0 Å². The van der Waals surface area contributed by atoms with E-state index in [1.165, 1.54) is 0 Å². The second-order valence-electron chi connectivity index (χ2n) is 2.19. The van der Waals surface area contributed by atoms with Crippen LogP contribution in [-0.4, -0.2) is 0 Å². The van der Waals surface area contributed by atoms with Crippen molar-refractivity contribution in [2.75, 3.05) is 0 Å². The van der Waals surface area contributed by atoms with Gasteiger partial charge in [0.25, 0.3) is 0 Å². The van der Waals surface area contributed by atoms with Crippen LogP contribution < -0.4 is 0 Å². The Morgan fingerprint density at radius 1 is 1.40 bits per heavy atom. The Bertz CT molecular complexity index is 161. The van der Waals surface area contributed by atoms with Gasteiger partial charge in [0.1, 0.15) is 0 Å². The molecule has 54 valence electrons. The molecule has 0 nitrogen and oxygen atoms in total. The maximum Gasteiger partial charge on any atom is -0.00190 e. The smallest absolute Gasteiger partial charge is 0.00190 e. The minimum atomic E-state index is 0.358. The van der Waals surface area contributed by atoms with E-state index in [4.69, 9.17) is 0 Å². The third kappa shape index (κ3) is 3.08. The van der Waals surface area contributed by atoms with E-state index in [0.29, 0.717) is 5.92 Å². The van der Waals surface area contributed by atoms with Gasteiger partial charge in [-0.1, -0.05) is 44.4 Å². The first kappa shape index (κ1) is 8.96. The van der Waals surface area contributed by atoms with Crippen molar-refractivity contribution in [3.63, 3.8) is 0 Å². The third-order valence-electron chi connectivity index (χ3n) is 1.38. The molecule has 0 aliphatic carbocycles. The van der Waals surface area contributed by atoms with Crippen molar-refractivity contribution in [2.45, 2.75) is 6.92 Å². The molecule has 1 atom stereocenters. The molecule has 0 aromatic rings. The number of allylic oxidation sites excluding steroid dienone is 5. The molecule has 1 unspecified atom stereocenters. The summed E-state index contributed by atoms with van der Waals surface area (Å²) in [5.74, 6) is 0.358. The normalized spacial score (nSPS) is 12.9. The fourth-order valence-electron chi connectivity index (χ4n) is 0.495. The highest BCUT2D eigenvalue weighted by Crippen LogP contribution is 2.09. The van der Waals surface area contributed by atoms with Crippen LogP contribution in [0.4, 0.5) is 0 Å². The summed E-state index contributed by atoms with van der Waals surface area (Å²) in [4.78, 5) is 0. The topological polar surface area (TPSA) is 0 Å². The highest BCUT2D eigenvalue weighted by molar-refractivity contribution is 5.22. The molecule has 10 heavy (non-hydrogen) atoms. The van der Waals surface area contributed by atoms with Gasteiger partial charge in [-0.15, -0.1) is 6.58 Å². The van der Waals surface area contributed by atoms with Gasteiger partial charge in [-0.25, -0.2) is 0 Å². The molecular formula is C10H14. The summed E-state index contributed by atoms with van der Waals surface area (Å²) in [6.45, 7) is 13.1. The lowest BCUT2D eigenvalue weighted by Crippen LogP contribution is -1.88. The van der Waals surface area contributed by atoms with Crippen LogP contribution in [0.2, 0.25) is 0 Å². The lowest BCUT2D eigenvalue weighted by molar-refractivity contribution is 0.899. The van der Waals surface area contributed by atoms with Crippen molar-refractivity contribution in [1.29, 1.82) is 0 Å². The van der Waals surface area contributed by atoms with Gasteiger partial charge in [0, 0.05) is 0 Å². The lowest BCUT2D eigenvalue weighted by atomic mass is 10.0. The molecule has 0 aliphatic rings. The van der Waals surface area contributed by atoms with Crippen LogP contribution >= 0.6 is 0 Å². The van der Waals surface area contributed by atoms with Gasteiger partial charge in [0.15, 0.2) is 0 Å². The number of hydrogen-bond acceptors (Lipinski definition) is 0.